The van der Waals surface area contributed by atoms with Crippen molar-refractivity contribution in [3.05, 3.63) is 29.8 Å². The van der Waals surface area contributed by atoms with Gasteiger partial charge in [0.25, 0.3) is 0 Å². The number of hydrogen-bond acceptors (Lipinski definition) is 3. The van der Waals surface area contributed by atoms with Crippen LogP contribution in [0.2, 0.25) is 0 Å². The van der Waals surface area contributed by atoms with Crippen molar-refractivity contribution in [1.29, 1.82) is 5.26 Å². The summed E-state index contributed by atoms with van der Waals surface area (Å²) in [6.45, 7) is 5.19. The van der Waals surface area contributed by atoms with Crippen molar-refractivity contribution >= 4 is 11.5 Å². The van der Waals surface area contributed by atoms with E-state index in [1.165, 1.54) is 5.56 Å². The van der Waals surface area contributed by atoms with E-state index in [1.807, 2.05) is 17.0 Å². The number of hydrogen-bond donors (Lipinski definition) is 0. The fourth-order valence-electron chi connectivity index (χ4n) is 2.06. The Morgan fingerprint density at radius 1 is 1.35 bits per heavy atom. The Hall–Kier alpha value is -1.82. The molecule has 0 aromatic heterocycles. The van der Waals surface area contributed by atoms with Gasteiger partial charge in [0.1, 0.15) is 5.92 Å². The molecule has 0 N–H and O–H groups in total. The molecule has 3 nitrogen and oxygen atoms in total. The fraction of sp³-hybridized carbons (Fsp3) is 0.429. The second-order valence-corrected chi connectivity index (χ2v) is 4.77. The van der Waals surface area contributed by atoms with E-state index in [2.05, 4.69) is 32.0 Å². The molecule has 0 saturated carbocycles. The van der Waals surface area contributed by atoms with E-state index in [0.717, 1.165) is 5.69 Å². The minimum absolute atomic E-state index is 0.0282. The minimum atomic E-state index is -0.459. The Bertz CT molecular complexity index is 456. The number of anilines is 1. The number of Topliss-reactive ketones (excluding diaryl/α,β-unsaturated/α-hetero) is 1. The van der Waals surface area contributed by atoms with Crippen LogP contribution < -0.4 is 4.90 Å². The van der Waals surface area contributed by atoms with Gasteiger partial charge in [-0.25, -0.2) is 0 Å². The molecule has 1 aliphatic heterocycles. The molecule has 1 heterocycles. The molecule has 0 radical (unpaired) electrons. The maximum atomic E-state index is 11.5. The van der Waals surface area contributed by atoms with E-state index in [1.54, 1.807) is 0 Å². The number of rotatable bonds is 2. The smallest absolute Gasteiger partial charge is 0.170 e. The maximum absolute atomic E-state index is 11.5. The summed E-state index contributed by atoms with van der Waals surface area (Å²) in [5, 5.41) is 8.82. The lowest BCUT2D eigenvalue weighted by Crippen LogP contribution is -2.19. The lowest BCUT2D eigenvalue weighted by Gasteiger charge is -2.17. The van der Waals surface area contributed by atoms with Crippen molar-refractivity contribution in [3.8, 4) is 6.07 Å². The van der Waals surface area contributed by atoms with E-state index in [9.17, 15) is 4.79 Å². The third kappa shape index (κ3) is 2.31. The maximum Gasteiger partial charge on any atom is 0.170 e. The van der Waals surface area contributed by atoms with Crippen molar-refractivity contribution in [3.63, 3.8) is 0 Å². The van der Waals surface area contributed by atoms with Crippen LogP contribution in [0.3, 0.4) is 0 Å². The summed E-state index contributed by atoms with van der Waals surface area (Å²) in [7, 11) is 0. The van der Waals surface area contributed by atoms with Crippen LogP contribution in [0.1, 0.15) is 25.3 Å². The third-order valence-corrected chi connectivity index (χ3v) is 3.22. The summed E-state index contributed by atoms with van der Waals surface area (Å²) in [5.74, 6) is 0.0799. The normalized spacial score (nSPS) is 19.8. The van der Waals surface area contributed by atoms with Crippen LogP contribution in [0.5, 0.6) is 0 Å². The molecular formula is C14H16N2O. The van der Waals surface area contributed by atoms with Crippen LogP contribution in [0, 0.1) is 17.2 Å². The predicted octanol–water partition coefficient (Wildman–Crippen LogP) is 2.34. The third-order valence-electron chi connectivity index (χ3n) is 3.22. The minimum Gasteiger partial charge on any atom is -0.362 e. The number of carbonyl (C=O) groups excluding carboxylic acids is 1. The van der Waals surface area contributed by atoms with E-state index in [-0.39, 0.29) is 5.78 Å². The van der Waals surface area contributed by atoms with Gasteiger partial charge in [0.05, 0.1) is 12.6 Å². The Morgan fingerprint density at radius 2 is 2.00 bits per heavy atom. The molecule has 0 amide bonds. The van der Waals surface area contributed by atoms with Gasteiger partial charge in [0, 0.05) is 12.2 Å². The fourth-order valence-corrected chi connectivity index (χ4v) is 2.06. The SMILES string of the molecule is CC(C)c1ccc(N2CC(=O)[C@@H](C#N)C2)cc1. The first kappa shape index (κ1) is 11.7. The molecule has 1 fully saturated rings. The van der Waals surface area contributed by atoms with Crippen molar-refractivity contribution in [2.75, 3.05) is 18.0 Å². The highest BCUT2D eigenvalue weighted by atomic mass is 16.1. The molecule has 1 aromatic carbocycles. The summed E-state index contributed by atoms with van der Waals surface area (Å²) in [6.07, 6.45) is 0. The molecule has 88 valence electrons. The highest BCUT2D eigenvalue weighted by molar-refractivity contribution is 5.91. The number of ketones is 1. The molecule has 3 heteroatoms. The van der Waals surface area contributed by atoms with Gasteiger partial charge < -0.3 is 4.90 Å². The molecule has 0 unspecified atom stereocenters. The van der Waals surface area contributed by atoms with Gasteiger partial charge in [0.2, 0.25) is 0 Å². The van der Waals surface area contributed by atoms with Gasteiger partial charge in [0.15, 0.2) is 5.78 Å². The summed E-state index contributed by atoms with van der Waals surface area (Å²) in [6, 6.07) is 10.3. The van der Waals surface area contributed by atoms with Gasteiger partial charge in [-0.1, -0.05) is 26.0 Å². The zero-order chi connectivity index (χ0) is 12.4. The predicted molar refractivity (Wildman–Crippen MR) is 66.9 cm³/mol. The molecule has 0 bridgehead atoms. The summed E-state index contributed by atoms with van der Waals surface area (Å²) < 4.78 is 0. The topological polar surface area (TPSA) is 44.1 Å². The molecule has 1 saturated heterocycles. The lowest BCUT2D eigenvalue weighted by molar-refractivity contribution is -0.118. The Balaban J connectivity index is 2.14. The van der Waals surface area contributed by atoms with Gasteiger partial charge in [-0.3, -0.25) is 4.79 Å². The molecule has 17 heavy (non-hydrogen) atoms. The first-order chi connectivity index (χ1) is 8.11. The average Bonchev–Trinajstić information content (AvgIpc) is 2.70. The molecule has 2 rings (SSSR count). The highest BCUT2D eigenvalue weighted by Gasteiger charge is 2.30. The van der Waals surface area contributed by atoms with E-state index in [0.29, 0.717) is 19.0 Å². The van der Waals surface area contributed by atoms with Crippen molar-refractivity contribution < 1.29 is 4.79 Å². The molecule has 1 aromatic rings. The largest absolute Gasteiger partial charge is 0.362 e. The van der Waals surface area contributed by atoms with Gasteiger partial charge in [-0.15, -0.1) is 0 Å². The van der Waals surface area contributed by atoms with Crippen LogP contribution in [-0.4, -0.2) is 18.9 Å². The van der Waals surface area contributed by atoms with Gasteiger partial charge in [-0.2, -0.15) is 5.26 Å². The second kappa shape index (κ2) is 4.58. The average molecular weight is 228 g/mol. The molecule has 1 aliphatic rings. The Labute approximate surface area is 102 Å². The van der Waals surface area contributed by atoms with Crippen LogP contribution >= 0.6 is 0 Å². The molecular weight excluding hydrogens is 212 g/mol. The second-order valence-electron chi connectivity index (χ2n) is 4.77. The van der Waals surface area contributed by atoms with Gasteiger partial charge >= 0.3 is 0 Å². The Kier molecular flexibility index (Phi) is 3.14. The van der Waals surface area contributed by atoms with E-state index >= 15 is 0 Å². The van der Waals surface area contributed by atoms with Gasteiger partial charge in [-0.05, 0) is 23.6 Å². The van der Waals surface area contributed by atoms with Crippen molar-refractivity contribution in [2.45, 2.75) is 19.8 Å². The van der Waals surface area contributed by atoms with Crippen molar-refractivity contribution in [2.24, 2.45) is 5.92 Å². The van der Waals surface area contributed by atoms with Crippen LogP contribution in [0.15, 0.2) is 24.3 Å². The number of carbonyl (C=O) groups is 1. The zero-order valence-corrected chi connectivity index (χ0v) is 10.2. The number of nitriles is 1. The van der Waals surface area contributed by atoms with Crippen LogP contribution in [-0.2, 0) is 4.79 Å². The molecule has 0 spiro atoms. The van der Waals surface area contributed by atoms with Crippen molar-refractivity contribution in [1.82, 2.24) is 0 Å². The summed E-state index contributed by atoms with van der Waals surface area (Å²) in [5.41, 5.74) is 2.32. The summed E-state index contributed by atoms with van der Waals surface area (Å²) >= 11 is 0. The Morgan fingerprint density at radius 3 is 2.47 bits per heavy atom. The van der Waals surface area contributed by atoms with E-state index < -0.39 is 5.92 Å². The first-order valence-corrected chi connectivity index (χ1v) is 5.89. The lowest BCUT2D eigenvalue weighted by atomic mass is 10.0. The highest BCUT2D eigenvalue weighted by Crippen LogP contribution is 2.24. The molecule has 0 aliphatic carbocycles. The van der Waals surface area contributed by atoms with Crippen LogP contribution in [0.25, 0.3) is 0 Å². The number of nitrogens with zero attached hydrogens (tertiary/aromatic N) is 2. The monoisotopic (exact) mass is 228 g/mol. The zero-order valence-electron chi connectivity index (χ0n) is 10.2. The first-order valence-electron chi connectivity index (χ1n) is 5.89. The standard InChI is InChI=1S/C14H16N2O/c1-10(2)11-3-5-13(6-4-11)16-8-12(7-15)14(17)9-16/h3-6,10,12H,8-9H2,1-2H3/t12-/m0/s1. The quantitative estimate of drug-likeness (QED) is 0.780. The number of benzene rings is 1. The van der Waals surface area contributed by atoms with Crippen LogP contribution in [0.4, 0.5) is 5.69 Å². The molecule has 1 atom stereocenters. The van der Waals surface area contributed by atoms with E-state index in [4.69, 9.17) is 5.26 Å². The summed E-state index contributed by atoms with van der Waals surface area (Å²) in [4.78, 5) is 13.5.